The second-order valence-electron chi connectivity index (χ2n) is 7.10. The van der Waals surface area contributed by atoms with Gasteiger partial charge in [-0.05, 0) is 68.1 Å². The van der Waals surface area contributed by atoms with E-state index in [1.165, 1.54) is 0 Å². The van der Waals surface area contributed by atoms with E-state index in [4.69, 9.17) is 4.74 Å². The Morgan fingerprint density at radius 2 is 1.68 bits per heavy atom. The monoisotopic (exact) mass is 381 g/mol. The van der Waals surface area contributed by atoms with Crippen LogP contribution >= 0.6 is 0 Å². The molecule has 0 heterocycles. The highest BCUT2D eigenvalue weighted by Gasteiger charge is 2.29. The minimum Gasteiger partial charge on any atom is -0.497 e. The Hall–Kier alpha value is -3.02. The SMILES string of the molecule is COc1ccc(CCNC(=O)C(C)Nc2ccc(NC(=O)C3CC3)cc2)cc1. The number of hydrogen-bond acceptors (Lipinski definition) is 4. The van der Waals surface area contributed by atoms with E-state index in [0.717, 1.165) is 42.0 Å². The van der Waals surface area contributed by atoms with Crippen molar-refractivity contribution in [3.8, 4) is 5.75 Å². The van der Waals surface area contributed by atoms with Crippen LogP contribution in [0.25, 0.3) is 0 Å². The van der Waals surface area contributed by atoms with Crippen molar-refractivity contribution in [2.45, 2.75) is 32.2 Å². The minimum absolute atomic E-state index is 0.0559. The minimum atomic E-state index is -0.359. The van der Waals surface area contributed by atoms with E-state index in [9.17, 15) is 9.59 Å². The lowest BCUT2D eigenvalue weighted by atomic mass is 10.1. The highest BCUT2D eigenvalue weighted by Crippen LogP contribution is 2.30. The molecule has 6 nitrogen and oxygen atoms in total. The molecule has 1 fully saturated rings. The quantitative estimate of drug-likeness (QED) is 0.623. The number of benzene rings is 2. The third-order valence-electron chi connectivity index (χ3n) is 4.75. The summed E-state index contributed by atoms with van der Waals surface area (Å²) in [7, 11) is 1.64. The third-order valence-corrected chi connectivity index (χ3v) is 4.75. The van der Waals surface area contributed by atoms with Gasteiger partial charge in [0, 0.05) is 23.8 Å². The van der Waals surface area contributed by atoms with Gasteiger partial charge in [0.2, 0.25) is 11.8 Å². The summed E-state index contributed by atoms with van der Waals surface area (Å²) in [5.74, 6) is 1.04. The molecule has 2 amide bonds. The van der Waals surface area contributed by atoms with E-state index >= 15 is 0 Å². The maximum absolute atomic E-state index is 12.3. The van der Waals surface area contributed by atoms with Crippen LogP contribution in [-0.4, -0.2) is 31.5 Å². The molecule has 1 aliphatic rings. The summed E-state index contributed by atoms with van der Waals surface area (Å²) >= 11 is 0. The lowest BCUT2D eigenvalue weighted by Crippen LogP contribution is -2.38. The third kappa shape index (κ3) is 5.74. The predicted octanol–water partition coefficient (Wildman–Crippen LogP) is 3.20. The fraction of sp³-hybridized carbons (Fsp3) is 0.364. The van der Waals surface area contributed by atoms with Gasteiger partial charge in [-0.25, -0.2) is 0 Å². The molecule has 6 heteroatoms. The largest absolute Gasteiger partial charge is 0.497 e. The molecule has 148 valence electrons. The number of carbonyl (C=O) groups excluding carboxylic acids is 2. The molecule has 0 aliphatic heterocycles. The number of carbonyl (C=O) groups is 2. The summed E-state index contributed by atoms with van der Waals surface area (Å²) in [6, 6.07) is 14.9. The first kappa shape index (κ1) is 19.7. The Kier molecular flexibility index (Phi) is 6.53. The van der Waals surface area contributed by atoms with Crippen molar-refractivity contribution in [2.24, 2.45) is 5.92 Å². The summed E-state index contributed by atoms with van der Waals surface area (Å²) in [5.41, 5.74) is 2.76. The van der Waals surface area contributed by atoms with Crippen LogP contribution in [0.3, 0.4) is 0 Å². The summed E-state index contributed by atoms with van der Waals surface area (Å²) in [6.45, 7) is 2.40. The second-order valence-corrected chi connectivity index (χ2v) is 7.10. The van der Waals surface area contributed by atoms with Crippen molar-refractivity contribution in [3.05, 3.63) is 54.1 Å². The van der Waals surface area contributed by atoms with Gasteiger partial charge in [0.1, 0.15) is 11.8 Å². The van der Waals surface area contributed by atoms with Gasteiger partial charge in [0.05, 0.1) is 7.11 Å². The Morgan fingerprint density at radius 1 is 1.04 bits per heavy atom. The van der Waals surface area contributed by atoms with E-state index < -0.39 is 0 Å². The van der Waals surface area contributed by atoms with Gasteiger partial charge >= 0.3 is 0 Å². The molecule has 1 unspecified atom stereocenters. The number of rotatable bonds is 9. The number of amides is 2. The van der Waals surface area contributed by atoms with Crippen LogP contribution in [0.4, 0.5) is 11.4 Å². The van der Waals surface area contributed by atoms with Gasteiger partial charge in [-0.2, -0.15) is 0 Å². The Bertz CT molecular complexity index is 799. The summed E-state index contributed by atoms with van der Waals surface area (Å²) in [5, 5.41) is 9.03. The zero-order valence-corrected chi connectivity index (χ0v) is 16.3. The van der Waals surface area contributed by atoms with Crippen LogP contribution in [0.5, 0.6) is 5.75 Å². The van der Waals surface area contributed by atoms with Crippen LogP contribution in [0, 0.1) is 5.92 Å². The predicted molar refractivity (Wildman–Crippen MR) is 111 cm³/mol. The topological polar surface area (TPSA) is 79.5 Å². The smallest absolute Gasteiger partial charge is 0.242 e. The molecule has 3 N–H and O–H groups in total. The fourth-order valence-corrected chi connectivity index (χ4v) is 2.83. The van der Waals surface area contributed by atoms with Gasteiger partial charge in [0.25, 0.3) is 0 Å². The van der Waals surface area contributed by atoms with Crippen LogP contribution in [0.15, 0.2) is 48.5 Å². The first-order chi connectivity index (χ1) is 13.5. The maximum Gasteiger partial charge on any atom is 0.242 e. The average molecular weight is 381 g/mol. The maximum atomic E-state index is 12.3. The summed E-state index contributed by atoms with van der Waals surface area (Å²) in [6.07, 6.45) is 2.73. The molecule has 0 aromatic heterocycles. The normalized spacial score (nSPS) is 14.1. The molecule has 1 aliphatic carbocycles. The average Bonchev–Trinajstić information content (AvgIpc) is 3.55. The van der Waals surface area contributed by atoms with Crippen molar-refractivity contribution in [3.63, 3.8) is 0 Å². The first-order valence-corrected chi connectivity index (χ1v) is 9.63. The number of methoxy groups -OCH3 is 1. The van der Waals surface area contributed by atoms with E-state index in [0.29, 0.717) is 6.54 Å². The zero-order chi connectivity index (χ0) is 19.9. The van der Waals surface area contributed by atoms with Gasteiger partial charge in [-0.3, -0.25) is 9.59 Å². The molecule has 0 saturated heterocycles. The molecule has 1 saturated carbocycles. The van der Waals surface area contributed by atoms with Crippen LogP contribution in [0.1, 0.15) is 25.3 Å². The Labute approximate surface area is 165 Å². The van der Waals surface area contributed by atoms with Crippen LogP contribution < -0.4 is 20.7 Å². The number of anilines is 2. The first-order valence-electron chi connectivity index (χ1n) is 9.63. The number of hydrogen-bond donors (Lipinski definition) is 3. The lowest BCUT2D eigenvalue weighted by molar-refractivity contribution is -0.121. The summed E-state index contributed by atoms with van der Waals surface area (Å²) in [4.78, 5) is 24.1. The molecule has 0 radical (unpaired) electrons. The van der Waals surface area contributed by atoms with Crippen molar-refractivity contribution < 1.29 is 14.3 Å². The zero-order valence-electron chi connectivity index (χ0n) is 16.3. The standard InChI is InChI=1S/C22H27N3O3/c1-15(21(26)23-14-13-16-3-11-20(28-2)12-4-16)24-18-7-9-19(10-8-18)25-22(27)17-5-6-17/h3-4,7-12,15,17,24H,5-6,13-14H2,1-2H3,(H,23,26)(H,25,27). The van der Waals surface area contributed by atoms with Crippen LogP contribution in [-0.2, 0) is 16.0 Å². The summed E-state index contributed by atoms with van der Waals surface area (Å²) < 4.78 is 5.14. The van der Waals surface area contributed by atoms with Gasteiger partial charge in [-0.15, -0.1) is 0 Å². The Morgan fingerprint density at radius 3 is 2.29 bits per heavy atom. The van der Waals surface area contributed by atoms with Crippen LogP contribution in [0.2, 0.25) is 0 Å². The van der Waals surface area contributed by atoms with Gasteiger partial charge in [0.15, 0.2) is 0 Å². The molecule has 0 bridgehead atoms. The molecule has 0 spiro atoms. The highest BCUT2D eigenvalue weighted by atomic mass is 16.5. The van der Waals surface area contributed by atoms with E-state index in [1.54, 1.807) is 7.11 Å². The lowest BCUT2D eigenvalue weighted by Gasteiger charge is -2.16. The van der Waals surface area contributed by atoms with Crippen molar-refractivity contribution in [2.75, 3.05) is 24.3 Å². The molecular formula is C22H27N3O3. The molecular weight excluding hydrogens is 354 g/mol. The van der Waals surface area contributed by atoms with Crippen molar-refractivity contribution in [1.29, 1.82) is 0 Å². The number of nitrogens with one attached hydrogen (secondary N) is 3. The molecule has 1 atom stereocenters. The molecule has 3 rings (SSSR count). The van der Waals surface area contributed by atoms with E-state index in [-0.39, 0.29) is 23.8 Å². The van der Waals surface area contributed by atoms with Crippen molar-refractivity contribution >= 4 is 23.2 Å². The van der Waals surface area contributed by atoms with E-state index in [2.05, 4.69) is 16.0 Å². The van der Waals surface area contributed by atoms with E-state index in [1.807, 2.05) is 55.5 Å². The molecule has 28 heavy (non-hydrogen) atoms. The number of ether oxygens (including phenoxy) is 1. The Balaban J connectivity index is 1.40. The van der Waals surface area contributed by atoms with Gasteiger partial charge < -0.3 is 20.7 Å². The molecule has 2 aromatic carbocycles. The van der Waals surface area contributed by atoms with Gasteiger partial charge in [-0.1, -0.05) is 12.1 Å². The highest BCUT2D eigenvalue weighted by molar-refractivity contribution is 5.94. The van der Waals surface area contributed by atoms with Crippen molar-refractivity contribution in [1.82, 2.24) is 5.32 Å². The fourth-order valence-electron chi connectivity index (χ4n) is 2.83. The second kappa shape index (κ2) is 9.26. The molecule has 2 aromatic rings.